The largest absolute Gasteiger partial charge is 0.494 e. The van der Waals surface area contributed by atoms with Crippen LogP contribution < -0.4 is 9.64 Å². The Hall–Kier alpha value is -2.36. The lowest BCUT2D eigenvalue weighted by Crippen LogP contribution is -2.49. The maximum absolute atomic E-state index is 13.3. The molecule has 2 aromatic rings. The van der Waals surface area contributed by atoms with Crippen LogP contribution in [0.25, 0.3) is 5.57 Å². The molecule has 0 fully saturated rings. The molecule has 7 nitrogen and oxygen atoms in total. The third-order valence-corrected chi connectivity index (χ3v) is 7.90. The quantitative estimate of drug-likeness (QED) is 0.562. The van der Waals surface area contributed by atoms with E-state index in [2.05, 4.69) is 11.1 Å². The standard InChI is InChI=1S/C23H29N3O4S2/c1-7-30-17-8-10-20-19(12-17)16(2)13-23(3,4)26(20)22(27)15-31-21-11-9-18(14-24-21)32(28,29)25(5)6/h8-14H,7,15H2,1-6H3. The minimum Gasteiger partial charge on any atom is -0.494 e. The molecule has 2 heterocycles. The zero-order valence-electron chi connectivity index (χ0n) is 19.2. The van der Waals surface area contributed by atoms with Gasteiger partial charge in [0.05, 0.1) is 28.6 Å². The summed E-state index contributed by atoms with van der Waals surface area (Å²) in [5.74, 6) is 0.897. The summed E-state index contributed by atoms with van der Waals surface area (Å²) in [5.41, 5.74) is 2.44. The molecule has 0 bridgehead atoms. The molecule has 1 aliphatic rings. The van der Waals surface area contributed by atoms with Crippen LogP contribution in [0, 0.1) is 0 Å². The SMILES string of the molecule is CCOc1ccc2c(c1)C(C)=CC(C)(C)N2C(=O)CSc1ccc(S(=O)(=O)N(C)C)cn1. The van der Waals surface area contributed by atoms with Crippen LogP contribution in [0.5, 0.6) is 5.75 Å². The number of anilines is 1. The summed E-state index contributed by atoms with van der Waals surface area (Å²) >= 11 is 1.28. The van der Waals surface area contributed by atoms with E-state index in [0.29, 0.717) is 11.6 Å². The highest BCUT2D eigenvalue weighted by Gasteiger charge is 2.35. The maximum atomic E-state index is 13.3. The second-order valence-corrected chi connectivity index (χ2v) is 11.4. The molecule has 0 spiro atoms. The molecule has 0 aliphatic carbocycles. The van der Waals surface area contributed by atoms with Crippen molar-refractivity contribution in [1.82, 2.24) is 9.29 Å². The summed E-state index contributed by atoms with van der Waals surface area (Å²) < 4.78 is 31.2. The highest BCUT2D eigenvalue weighted by Crippen LogP contribution is 2.41. The van der Waals surface area contributed by atoms with E-state index >= 15 is 0 Å². The van der Waals surface area contributed by atoms with Crippen molar-refractivity contribution >= 4 is 39.0 Å². The number of hydrogen-bond donors (Lipinski definition) is 0. The number of pyridine rings is 1. The molecule has 0 saturated carbocycles. The van der Waals surface area contributed by atoms with E-state index in [0.717, 1.165) is 26.9 Å². The number of amides is 1. The molecule has 1 aromatic heterocycles. The van der Waals surface area contributed by atoms with Gasteiger partial charge in [-0.1, -0.05) is 17.8 Å². The Morgan fingerprint density at radius 1 is 1.22 bits per heavy atom. The number of sulfonamides is 1. The van der Waals surface area contributed by atoms with Gasteiger partial charge in [-0.05, 0) is 63.6 Å². The normalized spacial score (nSPS) is 15.3. The molecule has 0 radical (unpaired) electrons. The van der Waals surface area contributed by atoms with Crippen LogP contribution in [0.4, 0.5) is 5.69 Å². The van der Waals surface area contributed by atoms with Crippen molar-refractivity contribution in [2.75, 3.05) is 31.4 Å². The Balaban J connectivity index is 1.80. The van der Waals surface area contributed by atoms with Crippen molar-refractivity contribution in [3.8, 4) is 5.75 Å². The first-order valence-corrected chi connectivity index (χ1v) is 12.7. The van der Waals surface area contributed by atoms with Crippen molar-refractivity contribution in [2.45, 2.75) is 43.2 Å². The second-order valence-electron chi connectivity index (χ2n) is 8.23. The fourth-order valence-electron chi connectivity index (χ4n) is 3.74. The van der Waals surface area contributed by atoms with Crippen molar-refractivity contribution in [2.24, 2.45) is 0 Å². The van der Waals surface area contributed by atoms with Crippen molar-refractivity contribution in [3.05, 3.63) is 48.2 Å². The van der Waals surface area contributed by atoms with Gasteiger partial charge in [-0.25, -0.2) is 17.7 Å². The minimum absolute atomic E-state index is 0.0547. The van der Waals surface area contributed by atoms with Crippen molar-refractivity contribution in [1.29, 1.82) is 0 Å². The number of hydrogen-bond acceptors (Lipinski definition) is 6. The van der Waals surface area contributed by atoms with Gasteiger partial charge >= 0.3 is 0 Å². The molecule has 32 heavy (non-hydrogen) atoms. The molecule has 172 valence electrons. The van der Waals surface area contributed by atoms with E-state index < -0.39 is 15.6 Å². The Labute approximate surface area is 194 Å². The van der Waals surface area contributed by atoms with Gasteiger partial charge < -0.3 is 9.64 Å². The van der Waals surface area contributed by atoms with Gasteiger partial charge in [-0.2, -0.15) is 0 Å². The second kappa shape index (κ2) is 9.25. The number of carbonyl (C=O) groups is 1. The highest BCUT2D eigenvalue weighted by molar-refractivity contribution is 7.99. The first-order valence-electron chi connectivity index (χ1n) is 10.3. The summed E-state index contributed by atoms with van der Waals surface area (Å²) in [6.45, 7) is 8.58. The molecule has 3 rings (SSSR count). The van der Waals surface area contributed by atoms with E-state index in [1.54, 1.807) is 6.07 Å². The topological polar surface area (TPSA) is 79.8 Å². The number of aromatic nitrogens is 1. The number of thioether (sulfide) groups is 1. The Kier molecular flexibility index (Phi) is 7.02. The summed E-state index contributed by atoms with van der Waals surface area (Å²) in [5, 5.41) is 0.588. The fourth-order valence-corrected chi connectivity index (χ4v) is 5.28. The lowest BCUT2D eigenvalue weighted by molar-refractivity contribution is -0.116. The third-order valence-electron chi connectivity index (χ3n) is 5.17. The van der Waals surface area contributed by atoms with E-state index in [-0.39, 0.29) is 16.6 Å². The van der Waals surface area contributed by atoms with E-state index in [1.807, 2.05) is 50.8 Å². The first kappa shape index (κ1) is 24.3. The van der Waals surface area contributed by atoms with E-state index in [9.17, 15) is 13.2 Å². The minimum atomic E-state index is -3.53. The summed E-state index contributed by atoms with van der Waals surface area (Å²) in [6, 6.07) is 8.92. The van der Waals surface area contributed by atoms with Gasteiger partial charge in [0.2, 0.25) is 15.9 Å². The Bertz CT molecular complexity index is 1140. The fraction of sp³-hybridized carbons (Fsp3) is 0.391. The van der Waals surface area contributed by atoms with Gasteiger partial charge in [0.15, 0.2) is 0 Å². The zero-order valence-corrected chi connectivity index (χ0v) is 20.9. The van der Waals surface area contributed by atoms with Crippen LogP contribution in [0.15, 0.2) is 52.5 Å². The summed E-state index contributed by atoms with van der Waals surface area (Å²) in [4.78, 5) is 19.5. The smallest absolute Gasteiger partial charge is 0.244 e. The van der Waals surface area contributed by atoms with E-state index in [4.69, 9.17) is 4.74 Å². The average molecular weight is 476 g/mol. The average Bonchev–Trinajstić information content (AvgIpc) is 2.72. The molecule has 1 aliphatic heterocycles. The summed E-state index contributed by atoms with van der Waals surface area (Å²) in [7, 11) is -0.585. The molecule has 1 aromatic carbocycles. The van der Waals surface area contributed by atoms with Gasteiger partial charge in [-0.15, -0.1) is 0 Å². The van der Waals surface area contributed by atoms with E-state index in [1.165, 1.54) is 38.1 Å². The number of fused-ring (bicyclic) bond motifs is 1. The van der Waals surface area contributed by atoms with Crippen molar-refractivity contribution < 1.29 is 17.9 Å². The Morgan fingerprint density at radius 2 is 1.94 bits per heavy atom. The number of allylic oxidation sites excluding steroid dienone is 1. The van der Waals surface area contributed by atoms with Crippen LogP contribution >= 0.6 is 11.8 Å². The van der Waals surface area contributed by atoms with Crippen LogP contribution in [-0.2, 0) is 14.8 Å². The molecular formula is C23H29N3O4S2. The number of carbonyl (C=O) groups excluding carboxylic acids is 1. The maximum Gasteiger partial charge on any atom is 0.244 e. The molecular weight excluding hydrogens is 446 g/mol. The monoisotopic (exact) mass is 475 g/mol. The van der Waals surface area contributed by atoms with Crippen LogP contribution in [0.2, 0.25) is 0 Å². The summed E-state index contributed by atoms with van der Waals surface area (Å²) in [6.07, 6.45) is 3.41. The Morgan fingerprint density at radius 3 is 2.53 bits per heavy atom. The highest BCUT2D eigenvalue weighted by atomic mass is 32.2. The van der Waals surface area contributed by atoms with Crippen LogP contribution in [0.1, 0.15) is 33.3 Å². The number of benzene rings is 1. The lowest BCUT2D eigenvalue weighted by atomic mass is 9.88. The first-order chi connectivity index (χ1) is 15.0. The molecule has 1 amide bonds. The van der Waals surface area contributed by atoms with Gasteiger partial charge in [-0.3, -0.25) is 4.79 Å². The van der Waals surface area contributed by atoms with Gasteiger partial charge in [0.25, 0.3) is 0 Å². The van der Waals surface area contributed by atoms with Gasteiger partial charge in [0.1, 0.15) is 10.6 Å². The number of rotatable bonds is 7. The lowest BCUT2D eigenvalue weighted by Gasteiger charge is -2.41. The van der Waals surface area contributed by atoms with Gasteiger partial charge in [0, 0.05) is 25.9 Å². The zero-order chi connectivity index (χ0) is 23.7. The molecule has 0 atom stereocenters. The third kappa shape index (κ3) is 4.84. The number of nitrogens with zero attached hydrogens (tertiary/aromatic N) is 3. The predicted molar refractivity (Wildman–Crippen MR) is 129 cm³/mol. The predicted octanol–water partition coefficient (Wildman–Crippen LogP) is 4.05. The van der Waals surface area contributed by atoms with Crippen LogP contribution in [-0.4, -0.2) is 55.6 Å². The molecule has 0 N–H and O–H groups in total. The molecule has 9 heteroatoms. The molecule has 0 unspecified atom stereocenters. The van der Waals surface area contributed by atoms with Crippen molar-refractivity contribution in [3.63, 3.8) is 0 Å². The molecule has 0 saturated heterocycles. The van der Waals surface area contributed by atoms with Crippen LogP contribution in [0.3, 0.4) is 0 Å². The number of ether oxygens (including phenoxy) is 1.